The van der Waals surface area contributed by atoms with Crippen LogP contribution in [-0.2, 0) is 17.7 Å². The number of hydrogen-bond acceptors (Lipinski definition) is 5. The van der Waals surface area contributed by atoms with E-state index in [0.29, 0.717) is 37.6 Å². The summed E-state index contributed by atoms with van der Waals surface area (Å²) in [7, 11) is 0. The van der Waals surface area contributed by atoms with E-state index < -0.39 is 0 Å². The number of anilines is 3. The summed E-state index contributed by atoms with van der Waals surface area (Å²) in [6, 6.07) is 16.8. The number of thiophene rings is 1. The zero-order valence-electron chi connectivity index (χ0n) is 18.3. The Morgan fingerprint density at radius 2 is 1.70 bits per heavy atom. The van der Waals surface area contributed by atoms with Crippen molar-refractivity contribution in [1.29, 1.82) is 0 Å². The van der Waals surface area contributed by atoms with Crippen LogP contribution >= 0.6 is 11.3 Å². The lowest BCUT2D eigenvalue weighted by molar-refractivity contribution is 0.102. The largest absolute Gasteiger partial charge is 0.378 e. The van der Waals surface area contributed by atoms with Crippen molar-refractivity contribution >= 4 is 40.3 Å². The van der Waals surface area contributed by atoms with Gasteiger partial charge in [0.15, 0.2) is 0 Å². The quantitative estimate of drug-likeness (QED) is 0.602. The highest BCUT2D eigenvalue weighted by Crippen LogP contribution is 2.27. The standard InChI is InChI=1S/C25H26N4O3S/c30-24(27-21-3-1-2-4-22(21)28-12-14-32-15-13-28)18-5-7-20(8-6-18)26-25(31)29-11-9-23-19(17-29)10-16-33-23/h1-8,10,16H,9,11-15,17H2,(H,26,31)(H,27,30). The first-order valence-electron chi connectivity index (χ1n) is 11.1. The van der Waals surface area contributed by atoms with E-state index in [9.17, 15) is 9.59 Å². The van der Waals surface area contributed by atoms with Gasteiger partial charge in [0.2, 0.25) is 0 Å². The number of fused-ring (bicyclic) bond motifs is 1. The molecule has 8 heteroatoms. The molecule has 33 heavy (non-hydrogen) atoms. The first-order valence-corrected chi connectivity index (χ1v) is 12.0. The molecule has 0 bridgehead atoms. The fourth-order valence-electron chi connectivity index (χ4n) is 4.18. The number of benzene rings is 2. The van der Waals surface area contributed by atoms with Crippen LogP contribution in [0.25, 0.3) is 0 Å². The van der Waals surface area contributed by atoms with Crippen LogP contribution in [-0.4, -0.2) is 49.7 Å². The number of hydrogen-bond donors (Lipinski definition) is 2. The molecule has 1 saturated heterocycles. The number of nitrogens with zero attached hydrogens (tertiary/aromatic N) is 2. The summed E-state index contributed by atoms with van der Waals surface area (Å²) in [5.41, 5.74) is 4.20. The van der Waals surface area contributed by atoms with Gasteiger partial charge in [-0.3, -0.25) is 4.79 Å². The number of carbonyl (C=O) groups excluding carboxylic acids is 2. The first-order chi connectivity index (χ1) is 16.2. The number of morpholine rings is 1. The summed E-state index contributed by atoms with van der Waals surface area (Å²) in [5, 5.41) is 8.05. The molecule has 0 atom stereocenters. The number of nitrogens with one attached hydrogen (secondary N) is 2. The molecule has 1 fully saturated rings. The maximum Gasteiger partial charge on any atom is 0.322 e. The Hall–Kier alpha value is -3.36. The van der Waals surface area contributed by atoms with Crippen molar-refractivity contribution < 1.29 is 14.3 Å². The van der Waals surface area contributed by atoms with Gasteiger partial charge in [-0.15, -0.1) is 11.3 Å². The van der Waals surface area contributed by atoms with Crippen molar-refractivity contribution in [1.82, 2.24) is 4.90 Å². The number of para-hydroxylation sites is 2. The Labute approximate surface area is 197 Å². The maximum absolute atomic E-state index is 12.9. The second kappa shape index (κ2) is 9.64. The van der Waals surface area contributed by atoms with Gasteiger partial charge < -0.3 is 25.2 Å². The molecule has 1 aromatic heterocycles. The maximum atomic E-state index is 12.9. The smallest absolute Gasteiger partial charge is 0.322 e. The van der Waals surface area contributed by atoms with Crippen molar-refractivity contribution in [3.63, 3.8) is 0 Å². The number of ether oxygens (including phenoxy) is 1. The number of carbonyl (C=O) groups is 2. The number of amides is 3. The predicted molar refractivity (Wildman–Crippen MR) is 131 cm³/mol. The second-order valence-corrected chi connectivity index (χ2v) is 9.12. The van der Waals surface area contributed by atoms with Gasteiger partial charge >= 0.3 is 6.03 Å². The minimum Gasteiger partial charge on any atom is -0.378 e. The average Bonchev–Trinajstić information content (AvgIpc) is 3.33. The van der Waals surface area contributed by atoms with Crippen LogP contribution in [0, 0.1) is 0 Å². The molecule has 3 amide bonds. The van der Waals surface area contributed by atoms with Gasteiger partial charge in [0, 0.05) is 42.3 Å². The van der Waals surface area contributed by atoms with Crippen LogP contribution in [0.5, 0.6) is 0 Å². The molecule has 5 rings (SSSR count). The minimum atomic E-state index is -0.186. The third-order valence-corrected chi connectivity index (χ3v) is 7.02. The molecular formula is C25H26N4O3S. The van der Waals surface area contributed by atoms with Crippen LogP contribution in [0.2, 0.25) is 0 Å². The zero-order valence-corrected chi connectivity index (χ0v) is 19.1. The van der Waals surface area contributed by atoms with Gasteiger partial charge in [-0.1, -0.05) is 12.1 Å². The summed E-state index contributed by atoms with van der Waals surface area (Å²) in [6.45, 7) is 4.30. The Morgan fingerprint density at radius 3 is 2.52 bits per heavy atom. The van der Waals surface area contributed by atoms with Crippen LogP contribution < -0.4 is 15.5 Å². The van der Waals surface area contributed by atoms with Crippen LogP contribution in [0.15, 0.2) is 60.0 Å². The Bertz CT molecular complexity index is 1140. The molecule has 0 saturated carbocycles. The topological polar surface area (TPSA) is 73.9 Å². The van der Waals surface area contributed by atoms with Crippen LogP contribution in [0.4, 0.5) is 21.9 Å². The summed E-state index contributed by atoms with van der Waals surface area (Å²) in [5.74, 6) is -0.186. The van der Waals surface area contributed by atoms with Gasteiger partial charge in [-0.25, -0.2) is 4.79 Å². The lowest BCUT2D eigenvalue weighted by atomic mass is 10.1. The van der Waals surface area contributed by atoms with Crippen LogP contribution in [0.3, 0.4) is 0 Å². The van der Waals surface area contributed by atoms with Gasteiger partial charge in [-0.2, -0.15) is 0 Å². The lowest BCUT2D eigenvalue weighted by Crippen LogP contribution is -2.38. The lowest BCUT2D eigenvalue weighted by Gasteiger charge is -2.30. The molecule has 0 aliphatic carbocycles. The number of rotatable bonds is 4. The van der Waals surface area contributed by atoms with Crippen molar-refractivity contribution in [3.8, 4) is 0 Å². The summed E-state index contributed by atoms with van der Waals surface area (Å²) in [6.07, 6.45) is 0.894. The predicted octanol–water partition coefficient (Wildman–Crippen LogP) is 4.43. The highest BCUT2D eigenvalue weighted by Gasteiger charge is 2.21. The van der Waals surface area contributed by atoms with Gasteiger partial charge in [0.1, 0.15) is 0 Å². The Balaban J connectivity index is 1.21. The highest BCUT2D eigenvalue weighted by molar-refractivity contribution is 7.10. The summed E-state index contributed by atoms with van der Waals surface area (Å²) < 4.78 is 5.44. The Morgan fingerprint density at radius 1 is 0.909 bits per heavy atom. The summed E-state index contributed by atoms with van der Waals surface area (Å²) in [4.78, 5) is 30.9. The number of urea groups is 1. The van der Waals surface area contributed by atoms with E-state index >= 15 is 0 Å². The molecule has 7 nitrogen and oxygen atoms in total. The van der Waals surface area contributed by atoms with E-state index in [1.807, 2.05) is 29.2 Å². The third-order valence-electron chi connectivity index (χ3n) is 6.00. The van der Waals surface area contributed by atoms with Gasteiger partial charge in [0.05, 0.1) is 24.6 Å². The third kappa shape index (κ3) is 4.86. The summed E-state index contributed by atoms with van der Waals surface area (Å²) >= 11 is 1.75. The molecule has 2 N–H and O–H groups in total. The van der Waals surface area contributed by atoms with E-state index in [0.717, 1.165) is 30.9 Å². The normalized spacial score (nSPS) is 15.6. The van der Waals surface area contributed by atoms with E-state index in [1.165, 1.54) is 10.4 Å². The molecule has 2 aliphatic heterocycles. The first kappa shape index (κ1) is 21.5. The van der Waals surface area contributed by atoms with E-state index in [2.05, 4.69) is 27.0 Å². The molecule has 3 heterocycles. The fraction of sp³-hybridized carbons (Fsp3) is 0.280. The zero-order chi connectivity index (χ0) is 22.6. The molecule has 2 aromatic carbocycles. The molecular weight excluding hydrogens is 436 g/mol. The van der Waals surface area contributed by atoms with Crippen molar-refractivity contribution in [2.75, 3.05) is 48.4 Å². The SMILES string of the molecule is O=C(Nc1ccccc1N1CCOCC1)c1ccc(NC(=O)N2CCc3sccc3C2)cc1. The minimum absolute atomic E-state index is 0.122. The van der Waals surface area contributed by atoms with E-state index in [4.69, 9.17) is 4.74 Å². The Kier molecular flexibility index (Phi) is 6.28. The van der Waals surface area contributed by atoms with Gasteiger partial charge in [0.25, 0.3) is 5.91 Å². The molecule has 2 aliphatic rings. The molecule has 3 aromatic rings. The monoisotopic (exact) mass is 462 g/mol. The van der Waals surface area contributed by atoms with Crippen molar-refractivity contribution in [2.45, 2.75) is 13.0 Å². The second-order valence-electron chi connectivity index (χ2n) is 8.12. The van der Waals surface area contributed by atoms with Crippen LogP contribution in [0.1, 0.15) is 20.8 Å². The van der Waals surface area contributed by atoms with Crippen molar-refractivity contribution in [2.24, 2.45) is 0 Å². The van der Waals surface area contributed by atoms with E-state index in [-0.39, 0.29) is 11.9 Å². The fourth-order valence-corrected chi connectivity index (χ4v) is 5.07. The van der Waals surface area contributed by atoms with Gasteiger partial charge in [-0.05, 0) is 59.8 Å². The molecule has 0 radical (unpaired) electrons. The van der Waals surface area contributed by atoms with Crippen molar-refractivity contribution in [3.05, 3.63) is 76.0 Å². The van der Waals surface area contributed by atoms with E-state index in [1.54, 1.807) is 35.6 Å². The molecule has 0 spiro atoms. The average molecular weight is 463 g/mol. The highest BCUT2D eigenvalue weighted by atomic mass is 32.1. The molecule has 170 valence electrons. The molecule has 0 unspecified atom stereocenters.